The third kappa shape index (κ3) is 5.84. The molecular weight excluding hydrogens is 454 g/mol. The average Bonchev–Trinajstić information content (AvgIpc) is 3.26. The molecule has 0 spiro atoms. The van der Waals surface area contributed by atoms with Crippen LogP contribution in [0.2, 0.25) is 5.02 Å². The predicted molar refractivity (Wildman–Crippen MR) is 121 cm³/mol. The van der Waals surface area contributed by atoms with E-state index in [0.29, 0.717) is 30.0 Å². The van der Waals surface area contributed by atoms with Gasteiger partial charge in [-0.15, -0.1) is 0 Å². The number of carbonyl (C=O) groups is 2. The van der Waals surface area contributed by atoms with Crippen LogP contribution in [0.25, 0.3) is 0 Å². The monoisotopic (exact) mass is 477 g/mol. The number of rotatable bonds is 8. The lowest BCUT2D eigenvalue weighted by atomic mass is 10.1. The van der Waals surface area contributed by atoms with Gasteiger partial charge in [-0.3, -0.25) is 15.0 Å². The van der Waals surface area contributed by atoms with Crippen LogP contribution in [0.5, 0.6) is 0 Å². The molecule has 32 heavy (non-hydrogen) atoms. The lowest BCUT2D eigenvalue weighted by molar-refractivity contribution is -0.137. The first-order valence-electron chi connectivity index (χ1n) is 9.93. The molecule has 1 heterocycles. The Morgan fingerprint density at radius 2 is 1.78 bits per heavy atom. The number of likely N-dealkylation sites (tertiary alicyclic amines) is 1. The Morgan fingerprint density at radius 3 is 2.41 bits per heavy atom. The van der Waals surface area contributed by atoms with Crippen molar-refractivity contribution in [1.29, 1.82) is 5.41 Å². The molecule has 3 rings (SSSR count). The van der Waals surface area contributed by atoms with Gasteiger partial charge in [0.15, 0.2) is 0 Å². The van der Waals surface area contributed by atoms with Crippen LogP contribution in [-0.2, 0) is 26.2 Å². The van der Waals surface area contributed by atoms with Crippen molar-refractivity contribution in [2.75, 3.05) is 13.1 Å². The summed E-state index contributed by atoms with van der Waals surface area (Å²) in [6.45, 7) is 0.201. The van der Waals surface area contributed by atoms with Crippen molar-refractivity contribution in [3.05, 3.63) is 64.7 Å². The molecule has 11 heteroatoms. The third-order valence-corrected chi connectivity index (χ3v) is 6.81. The number of benzene rings is 2. The molecule has 0 unspecified atom stereocenters. The number of nitrogen functional groups attached to an aromatic ring is 1. The minimum atomic E-state index is -3.88. The molecule has 0 aliphatic carbocycles. The summed E-state index contributed by atoms with van der Waals surface area (Å²) in [5, 5.41) is 10.6. The Kier molecular flexibility index (Phi) is 7.49. The topological polar surface area (TPSA) is 145 Å². The number of nitrogens with one attached hydrogen (secondary N) is 3. The van der Waals surface area contributed by atoms with Gasteiger partial charge in [0.1, 0.15) is 11.9 Å². The van der Waals surface area contributed by atoms with Crippen molar-refractivity contribution in [2.45, 2.75) is 30.3 Å². The van der Waals surface area contributed by atoms with Crippen molar-refractivity contribution in [1.82, 2.24) is 14.9 Å². The third-order valence-electron chi connectivity index (χ3n) is 5.14. The van der Waals surface area contributed by atoms with Crippen LogP contribution in [0.4, 0.5) is 0 Å². The quantitative estimate of drug-likeness (QED) is 0.333. The number of hydrogen-bond acceptors (Lipinski definition) is 5. The molecule has 1 saturated heterocycles. The lowest BCUT2D eigenvalue weighted by Gasteiger charge is -2.24. The molecule has 5 N–H and O–H groups in total. The highest BCUT2D eigenvalue weighted by Gasteiger charge is 2.34. The number of halogens is 1. The van der Waals surface area contributed by atoms with E-state index in [9.17, 15) is 18.0 Å². The number of hydrogen-bond donors (Lipinski definition) is 4. The molecule has 0 aromatic heterocycles. The molecule has 1 aliphatic rings. The largest absolute Gasteiger partial charge is 0.384 e. The van der Waals surface area contributed by atoms with E-state index < -0.39 is 28.5 Å². The smallest absolute Gasteiger partial charge is 0.243 e. The zero-order chi connectivity index (χ0) is 23.3. The van der Waals surface area contributed by atoms with Crippen LogP contribution in [0.3, 0.4) is 0 Å². The maximum atomic E-state index is 12.7. The minimum Gasteiger partial charge on any atom is -0.384 e. The van der Waals surface area contributed by atoms with Crippen molar-refractivity contribution < 1.29 is 18.0 Å². The van der Waals surface area contributed by atoms with Gasteiger partial charge in [0.25, 0.3) is 0 Å². The Morgan fingerprint density at radius 1 is 1.12 bits per heavy atom. The summed E-state index contributed by atoms with van der Waals surface area (Å²) in [5.41, 5.74) is 6.85. The Hall–Kier alpha value is -2.95. The summed E-state index contributed by atoms with van der Waals surface area (Å²) >= 11 is 5.78. The van der Waals surface area contributed by atoms with Crippen LogP contribution >= 0.6 is 11.6 Å². The van der Waals surface area contributed by atoms with Crippen LogP contribution in [0.1, 0.15) is 24.0 Å². The van der Waals surface area contributed by atoms with Gasteiger partial charge in [-0.2, -0.15) is 0 Å². The molecule has 170 valence electrons. The second-order valence-electron chi connectivity index (χ2n) is 7.35. The average molecular weight is 478 g/mol. The minimum absolute atomic E-state index is 0.00112. The Balaban J connectivity index is 1.55. The lowest BCUT2D eigenvalue weighted by Crippen LogP contribution is -2.48. The molecule has 0 radical (unpaired) electrons. The van der Waals surface area contributed by atoms with Gasteiger partial charge >= 0.3 is 0 Å². The molecular formula is C21H24ClN5O4S. The van der Waals surface area contributed by atoms with E-state index in [-0.39, 0.29) is 23.2 Å². The fourth-order valence-corrected chi connectivity index (χ4v) is 4.50. The first-order chi connectivity index (χ1) is 15.2. The second-order valence-corrected chi connectivity index (χ2v) is 9.56. The van der Waals surface area contributed by atoms with Gasteiger partial charge in [0.2, 0.25) is 21.8 Å². The van der Waals surface area contributed by atoms with Gasteiger partial charge in [0, 0.05) is 23.7 Å². The molecule has 2 amide bonds. The van der Waals surface area contributed by atoms with E-state index in [1.54, 1.807) is 24.3 Å². The zero-order valence-corrected chi connectivity index (χ0v) is 18.7. The van der Waals surface area contributed by atoms with Crippen molar-refractivity contribution in [2.24, 2.45) is 5.73 Å². The van der Waals surface area contributed by atoms with Crippen LogP contribution in [0.15, 0.2) is 53.4 Å². The summed E-state index contributed by atoms with van der Waals surface area (Å²) in [4.78, 5) is 26.7. The number of carbonyl (C=O) groups excluding carboxylic acids is 2. The summed E-state index contributed by atoms with van der Waals surface area (Å²) in [6, 6.07) is 11.9. The summed E-state index contributed by atoms with van der Waals surface area (Å²) in [7, 11) is -3.88. The first-order valence-corrected chi connectivity index (χ1v) is 11.8. The van der Waals surface area contributed by atoms with E-state index in [0.717, 1.165) is 5.56 Å². The number of nitrogens with two attached hydrogens (primary N) is 1. The van der Waals surface area contributed by atoms with E-state index in [1.807, 2.05) is 0 Å². The van der Waals surface area contributed by atoms with E-state index >= 15 is 0 Å². The highest BCUT2D eigenvalue weighted by Crippen LogP contribution is 2.18. The molecule has 9 nitrogen and oxygen atoms in total. The van der Waals surface area contributed by atoms with Crippen LogP contribution in [-0.4, -0.2) is 50.1 Å². The highest BCUT2D eigenvalue weighted by atomic mass is 35.5. The normalized spacial score (nSPS) is 16.0. The number of amides is 2. The molecule has 2 aromatic rings. The molecule has 0 saturated carbocycles. The van der Waals surface area contributed by atoms with Gasteiger partial charge < -0.3 is 16.0 Å². The SMILES string of the molecule is N=C(N)c1ccc(CNC(=O)[C@@H]2CCCN2C(=O)CNS(=O)(=O)c2ccc(Cl)cc2)cc1. The predicted octanol–water partition coefficient (Wildman–Crippen LogP) is 1.21. The van der Waals surface area contributed by atoms with Gasteiger partial charge in [0.05, 0.1) is 11.4 Å². The van der Waals surface area contributed by atoms with E-state index in [1.165, 1.54) is 29.2 Å². The van der Waals surface area contributed by atoms with Gasteiger partial charge in [-0.25, -0.2) is 13.1 Å². The highest BCUT2D eigenvalue weighted by molar-refractivity contribution is 7.89. The molecule has 1 atom stereocenters. The number of nitrogens with zero attached hydrogens (tertiary/aromatic N) is 1. The number of sulfonamides is 1. The van der Waals surface area contributed by atoms with Crippen molar-refractivity contribution in [3.8, 4) is 0 Å². The molecule has 0 bridgehead atoms. The van der Waals surface area contributed by atoms with E-state index in [2.05, 4.69) is 10.0 Å². The summed E-state index contributed by atoms with van der Waals surface area (Å²) in [5.74, 6) is -0.801. The molecule has 1 aliphatic heterocycles. The van der Waals surface area contributed by atoms with Crippen LogP contribution in [0, 0.1) is 5.41 Å². The first kappa shape index (κ1) is 23.7. The van der Waals surface area contributed by atoms with Crippen LogP contribution < -0.4 is 15.8 Å². The van der Waals surface area contributed by atoms with Crippen molar-refractivity contribution >= 4 is 39.3 Å². The molecule has 1 fully saturated rings. The molecule has 2 aromatic carbocycles. The maximum absolute atomic E-state index is 12.7. The fourth-order valence-electron chi connectivity index (χ4n) is 3.40. The van der Waals surface area contributed by atoms with E-state index in [4.69, 9.17) is 22.7 Å². The number of amidine groups is 1. The standard InChI is InChI=1S/C21H24ClN5O4S/c22-16-7-9-17(10-8-16)32(30,31)26-13-19(28)27-11-1-2-18(27)21(29)25-12-14-3-5-15(6-4-14)20(23)24/h3-10,18,26H,1-2,11-13H2,(H3,23,24)(H,25,29)/t18-/m0/s1. The Labute approximate surface area is 191 Å². The maximum Gasteiger partial charge on any atom is 0.243 e. The summed E-state index contributed by atoms with van der Waals surface area (Å²) < 4.78 is 27.0. The summed E-state index contributed by atoms with van der Waals surface area (Å²) in [6.07, 6.45) is 1.16. The van der Waals surface area contributed by atoms with Gasteiger partial charge in [-0.1, -0.05) is 35.9 Å². The van der Waals surface area contributed by atoms with Crippen molar-refractivity contribution in [3.63, 3.8) is 0 Å². The van der Waals surface area contributed by atoms with Gasteiger partial charge in [-0.05, 0) is 42.7 Å². The second kappa shape index (κ2) is 10.1. The Bertz CT molecular complexity index is 1100. The zero-order valence-electron chi connectivity index (χ0n) is 17.2. The fraction of sp³-hybridized carbons (Fsp3) is 0.286.